The average molecular weight is 298 g/mol. The van der Waals surface area contributed by atoms with Crippen molar-refractivity contribution in [3.05, 3.63) is 23.8 Å². The molecule has 0 bridgehead atoms. The number of hydrogen-bond acceptors (Lipinski definition) is 4. The van der Waals surface area contributed by atoms with Crippen molar-refractivity contribution >= 4 is 15.7 Å². The zero-order valence-electron chi connectivity index (χ0n) is 12.2. The minimum absolute atomic E-state index is 0.230. The molecule has 0 saturated carbocycles. The predicted molar refractivity (Wildman–Crippen MR) is 79.4 cm³/mol. The molecule has 0 saturated heterocycles. The van der Waals surface area contributed by atoms with E-state index in [1.54, 1.807) is 26.0 Å². The summed E-state index contributed by atoms with van der Waals surface area (Å²) >= 11 is 0. The lowest BCUT2D eigenvalue weighted by Crippen LogP contribution is -2.47. The Balaban J connectivity index is 2.40. The minimum Gasteiger partial charge on any atom is -0.394 e. The molecular weight excluding hydrogens is 276 g/mol. The van der Waals surface area contributed by atoms with Gasteiger partial charge in [0.1, 0.15) is 0 Å². The van der Waals surface area contributed by atoms with Gasteiger partial charge in [0.25, 0.3) is 0 Å². The lowest BCUT2D eigenvalue weighted by atomic mass is 10.0. The highest BCUT2D eigenvalue weighted by Gasteiger charge is 2.33. The van der Waals surface area contributed by atoms with E-state index in [0.717, 1.165) is 30.6 Å². The lowest BCUT2D eigenvalue weighted by Gasteiger charge is -2.33. The van der Waals surface area contributed by atoms with Gasteiger partial charge >= 0.3 is 0 Å². The Hall–Kier alpha value is -1.11. The van der Waals surface area contributed by atoms with Crippen LogP contribution >= 0.6 is 0 Å². The van der Waals surface area contributed by atoms with Gasteiger partial charge in [-0.2, -0.15) is 4.31 Å². The van der Waals surface area contributed by atoms with Crippen LogP contribution in [0.15, 0.2) is 23.1 Å². The monoisotopic (exact) mass is 298 g/mol. The molecule has 0 fully saturated rings. The van der Waals surface area contributed by atoms with E-state index in [1.165, 1.54) is 11.4 Å². The van der Waals surface area contributed by atoms with Crippen molar-refractivity contribution in [1.82, 2.24) is 4.31 Å². The first-order valence-electron chi connectivity index (χ1n) is 6.76. The van der Waals surface area contributed by atoms with Gasteiger partial charge in [-0.15, -0.1) is 0 Å². The molecule has 2 N–H and O–H groups in total. The van der Waals surface area contributed by atoms with Gasteiger partial charge < -0.3 is 10.4 Å². The summed E-state index contributed by atoms with van der Waals surface area (Å²) in [5, 5.41) is 12.6. The summed E-state index contributed by atoms with van der Waals surface area (Å²) in [7, 11) is -2.11. The number of fused-ring (bicyclic) bond motifs is 1. The van der Waals surface area contributed by atoms with Crippen LogP contribution in [-0.4, -0.2) is 43.6 Å². The number of likely N-dealkylation sites (N-methyl/N-ethyl adjacent to an activating group) is 1. The van der Waals surface area contributed by atoms with Crippen molar-refractivity contribution in [2.45, 2.75) is 37.1 Å². The largest absolute Gasteiger partial charge is 0.394 e. The quantitative estimate of drug-likeness (QED) is 0.882. The van der Waals surface area contributed by atoms with Crippen LogP contribution in [0.3, 0.4) is 0 Å². The Morgan fingerprint density at radius 2 is 2.10 bits per heavy atom. The van der Waals surface area contributed by atoms with E-state index < -0.39 is 15.6 Å². The Kier molecular flexibility index (Phi) is 4.09. The molecule has 5 nitrogen and oxygen atoms in total. The number of aliphatic hydroxyl groups excluding tert-OH is 1. The highest BCUT2D eigenvalue weighted by Crippen LogP contribution is 2.28. The number of rotatable bonds is 4. The number of benzene rings is 1. The van der Waals surface area contributed by atoms with Crippen molar-refractivity contribution in [3.8, 4) is 0 Å². The second-order valence-electron chi connectivity index (χ2n) is 5.79. The first-order valence-corrected chi connectivity index (χ1v) is 8.20. The van der Waals surface area contributed by atoms with Crippen LogP contribution in [0.25, 0.3) is 0 Å². The van der Waals surface area contributed by atoms with Gasteiger partial charge in [0.2, 0.25) is 10.0 Å². The summed E-state index contributed by atoms with van der Waals surface area (Å²) in [6.45, 7) is 4.03. The highest BCUT2D eigenvalue weighted by molar-refractivity contribution is 7.89. The van der Waals surface area contributed by atoms with Crippen molar-refractivity contribution in [3.63, 3.8) is 0 Å². The molecule has 20 heavy (non-hydrogen) atoms. The third-order valence-corrected chi connectivity index (χ3v) is 5.98. The van der Waals surface area contributed by atoms with Crippen LogP contribution in [0.5, 0.6) is 0 Å². The molecular formula is C14H22N2O3S. The average Bonchev–Trinajstić information content (AvgIpc) is 2.45. The predicted octanol–water partition coefficient (Wildman–Crippen LogP) is 1.44. The first-order chi connectivity index (χ1) is 9.29. The lowest BCUT2D eigenvalue weighted by molar-refractivity contribution is 0.138. The van der Waals surface area contributed by atoms with Crippen LogP contribution in [0.2, 0.25) is 0 Å². The SMILES string of the molecule is CN(C(C)(C)CO)S(=O)(=O)c1ccc2c(c1)NCCC2. The number of nitrogens with one attached hydrogen (secondary N) is 1. The van der Waals surface area contributed by atoms with Crippen LogP contribution in [-0.2, 0) is 16.4 Å². The Morgan fingerprint density at radius 3 is 2.75 bits per heavy atom. The molecule has 112 valence electrons. The second kappa shape index (κ2) is 5.35. The number of aryl methyl sites for hydroxylation is 1. The fourth-order valence-electron chi connectivity index (χ4n) is 2.18. The van der Waals surface area contributed by atoms with Crippen LogP contribution in [0, 0.1) is 0 Å². The number of aliphatic hydroxyl groups is 1. The summed E-state index contributed by atoms with van der Waals surface area (Å²) in [6.07, 6.45) is 2.04. The third-order valence-electron chi connectivity index (χ3n) is 3.92. The molecule has 0 atom stereocenters. The molecule has 0 aromatic heterocycles. The first kappa shape index (κ1) is 15.3. The van der Waals surface area contributed by atoms with Crippen molar-refractivity contribution < 1.29 is 13.5 Å². The molecule has 6 heteroatoms. The van der Waals surface area contributed by atoms with Crippen molar-refractivity contribution in [1.29, 1.82) is 0 Å². The maximum absolute atomic E-state index is 12.6. The number of nitrogens with zero attached hydrogens (tertiary/aromatic N) is 1. The standard InChI is InChI=1S/C14H22N2O3S/c1-14(2,10-17)16(3)20(18,19)12-7-6-11-5-4-8-15-13(11)9-12/h6-7,9,15,17H,4-5,8,10H2,1-3H3. The number of sulfonamides is 1. The summed E-state index contributed by atoms with van der Waals surface area (Å²) < 4.78 is 26.4. The minimum atomic E-state index is -3.61. The van der Waals surface area contributed by atoms with Gasteiger partial charge in [-0.05, 0) is 44.4 Å². The van der Waals surface area contributed by atoms with E-state index in [9.17, 15) is 13.5 Å². The summed E-state index contributed by atoms with van der Waals surface area (Å²) in [5.41, 5.74) is 1.22. The van der Waals surface area contributed by atoms with E-state index in [0.29, 0.717) is 0 Å². The van der Waals surface area contributed by atoms with Crippen LogP contribution in [0.4, 0.5) is 5.69 Å². The Morgan fingerprint density at radius 1 is 1.40 bits per heavy atom. The summed E-state index contributed by atoms with van der Waals surface area (Å²) in [5.74, 6) is 0. The van der Waals surface area contributed by atoms with Crippen molar-refractivity contribution in [2.75, 3.05) is 25.5 Å². The molecule has 0 aliphatic carbocycles. The van der Waals surface area contributed by atoms with E-state index in [2.05, 4.69) is 5.32 Å². The van der Waals surface area contributed by atoms with Crippen LogP contribution < -0.4 is 5.32 Å². The zero-order chi connectivity index (χ0) is 15.0. The summed E-state index contributed by atoms with van der Waals surface area (Å²) in [4.78, 5) is 0.259. The molecule has 2 rings (SSSR count). The molecule has 1 aromatic carbocycles. The highest BCUT2D eigenvalue weighted by atomic mass is 32.2. The Labute approximate surface area is 120 Å². The van der Waals surface area contributed by atoms with Crippen LogP contribution in [0.1, 0.15) is 25.8 Å². The van der Waals surface area contributed by atoms with Gasteiger partial charge in [-0.1, -0.05) is 6.07 Å². The second-order valence-corrected chi connectivity index (χ2v) is 7.76. The molecule has 0 spiro atoms. The number of anilines is 1. The van der Waals surface area contributed by atoms with Gasteiger partial charge in [-0.3, -0.25) is 0 Å². The normalized spacial score (nSPS) is 15.8. The molecule has 0 amide bonds. The van der Waals surface area contributed by atoms with Gasteiger partial charge in [0, 0.05) is 19.3 Å². The molecule has 0 unspecified atom stereocenters. The molecule has 1 aliphatic rings. The summed E-state index contributed by atoms with van der Waals surface area (Å²) in [6, 6.07) is 5.20. The molecule has 0 radical (unpaired) electrons. The molecule has 1 heterocycles. The topological polar surface area (TPSA) is 69.6 Å². The smallest absolute Gasteiger partial charge is 0.243 e. The Bertz CT molecular complexity index is 596. The zero-order valence-corrected chi connectivity index (χ0v) is 13.0. The molecule has 1 aromatic rings. The molecule has 1 aliphatic heterocycles. The van der Waals surface area contributed by atoms with E-state index in [1.807, 2.05) is 6.07 Å². The van der Waals surface area contributed by atoms with E-state index >= 15 is 0 Å². The van der Waals surface area contributed by atoms with Gasteiger partial charge in [0.05, 0.1) is 17.0 Å². The maximum Gasteiger partial charge on any atom is 0.243 e. The third kappa shape index (κ3) is 2.68. The van der Waals surface area contributed by atoms with Gasteiger partial charge in [-0.25, -0.2) is 8.42 Å². The maximum atomic E-state index is 12.6. The van der Waals surface area contributed by atoms with Crippen molar-refractivity contribution in [2.24, 2.45) is 0 Å². The fraction of sp³-hybridized carbons (Fsp3) is 0.571. The fourth-order valence-corrected chi connectivity index (χ4v) is 3.71. The van der Waals surface area contributed by atoms with E-state index in [4.69, 9.17) is 0 Å². The van der Waals surface area contributed by atoms with Gasteiger partial charge in [0.15, 0.2) is 0 Å². The number of hydrogen-bond donors (Lipinski definition) is 2. The van der Waals surface area contributed by atoms with E-state index in [-0.39, 0.29) is 11.5 Å².